The molecule has 0 fully saturated rings. The Bertz CT molecular complexity index is 2620. The summed E-state index contributed by atoms with van der Waals surface area (Å²) < 4.78 is 8.01. The van der Waals surface area contributed by atoms with Gasteiger partial charge in [0.25, 0.3) is 5.82 Å². The van der Waals surface area contributed by atoms with Crippen LogP contribution < -0.4 is 4.57 Å². The van der Waals surface area contributed by atoms with Gasteiger partial charge < -0.3 is 0 Å². The number of fused-ring (bicyclic) bond motifs is 14. The number of rotatable bonds is 4. The number of hydrogen-bond acceptors (Lipinski definition) is 2. The van der Waals surface area contributed by atoms with Crippen LogP contribution in [0.15, 0.2) is 132 Å². The maximum atomic E-state index is 5.52. The molecule has 0 N–H and O–H groups in total. The van der Waals surface area contributed by atoms with E-state index in [9.17, 15) is 0 Å². The van der Waals surface area contributed by atoms with E-state index in [1.807, 2.05) is 17.4 Å². The average molecular weight is 681 g/mol. The summed E-state index contributed by atoms with van der Waals surface area (Å²) in [5, 5.41) is 2.69. The highest BCUT2D eigenvalue weighted by atomic mass is 32.1. The molecule has 0 spiro atoms. The fraction of sp³-hybridized carbons (Fsp3) is 0.234. The molecule has 3 nitrogen and oxygen atoms in total. The van der Waals surface area contributed by atoms with Crippen LogP contribution in [0, 0.1) is 5.92 Å². The highest BCUT2D eigenvalue weighted by Crippen LogP contribution is 2.49. The molecule has 2 bridgehead atoms. The van der Waals surface area contributed by atoms with Crippen molar-refractivity contribution < 1.29 is 4.57 Å². The molecule has 0 saturated carbocycles. The van der Waals surface area contributed by atoms with Gasteiger partial charge in [-0.15, -0.1) is 11.3 Å². The smallest absolute Gasteiger partial charge is 0.280 e. The number of imidazole rings is 1. The van der Waals surface area contributed by atoms with Crippen LogP contribution in [0.1, 0.15) is 73.3 Å². The van der Waals surface area contributed by atoms with Crippen molar-refractivity contribution in [3.63, 3.8) is 0 Å². The molecule has 0 amide bonds. The zero-order valence-corrected chi connectivity index (χ0v) is 30.5. The number of para-hydroxylation sites is 3. The number of aliphatic imine (C=N–C) groups is 1. The Kier molecular flexibility index (Phi) is 6.92. The van der Waals surface area contributed by atoms with Gasteiger partial charge in [0.2, 0.25) is 0 Å². The van der Waals surface area contributed by atoms with Crippen molar-refractivity contribution in [3.8, 4) is 17.1 Å². The van der Waals surface area contributed by atoms with Crippen molar-refractivity contribution in [2.24, 2.45) is 10.9 Å². The summed E-state index contributed by atoms with van der Waals surface area (Å²) in [5.74, 6) is 2.52. The van der Waals surface area contributed by atoms with Crippen LogP contribution in [0.25, 0.3) is 48.3 Å². The fourth-order valence-electron chi connectivity index (χ4n) is 9.50. The monoisotopic (exact) mass is 680 g/mol. The third kappa shape index (κ3) is 4.48. The van der Waals surface area contributed by atoms with Crippen LogP contribution in [0.4, 0.5) is 0 Å². The summed E-state index contributed by atoms with van der Waals surface area (Å²) in [6.45, 7) is 14.4. The lowest BCUT2D eigenvalue weighted by molar-refractivity contribution is -0.666. The minimum atomic E-state index is 0.133. The fourth-order valence-corrected chi connectivity index (χ4v) is 10.6. The number of allylic oxidation sites excluding steroid dienone is 1. The lowest BCUT2D eigenvalue weighted by Crippen LogP contribution is -2.43. The van der Waals surface area contributed by atoms with E-state index in [1.54, 1.807) is 0 Å². The first-order chi connectivity index (χ1) is 24.9. The Morgan fingerprint density at radius 3 is 2.35 bits per heavy atom. The first-order valence-electron chi connectivity index (χ1n) is 18.5. The molecule has 4 heterocycles. The standard InChI is InChI=1S/C47H42N3S/c1-6-39-34-14-7-8-16-36(34)44-30-22-29-24-43-38(35-15-9-12-21-42(35)51-43)25-37(29)47-49(26-31(23-30)45(44)48-39)40-19-10-11-20-41(40)50(47)46-32(27(2)3)17-13-18-33(46)28(4)5/h6-21,23-25,27-28,31,44-45H,1,22,26H2,2-5H3/q+1. The molecule has 5 aromatic carbocycles. The van der Waals surface area contributed by atoms with E-state index < -0.39 is 0 Å². The summed E-state index contributed by atoms with van der Waals surface area (Å²) >= 11 is 1.92. The highest BCUT2D eigenvalue weighted by Gasteiger charge is 2.45. The second-order valence-electron chi connectivity index (χ2n) is 15.3. The maximum Gasteiger partial charge on any atom is 0.295 e. The number of hydrogen-bond donors (Lipinski definition) is 0. The number of aromatic nitrogens is 2. The molecule has 3 unspecified atom stereocenters. The molecular weight excluding hydrogens is 639 g/mol. The van der Waals surface area contributed by atoms with E-state index in [0.29, 0.717) is 11.8 Å². The van der Waals surface area contributed by atoms with Crippen LogP contribution in [-0.4, -0.2) is 16.3 Å². The van der Waals surface area contributed by atoms with Crippen LogP contribution in [-0.2, 0) is 13.0 Å². The first kappa shape index (κ1) is 30.7. The SMILES string of the molecule is C=CC1=NC2C3C=C(Cc4cc5sc6ccccc6c5cc4-c4n(-c5c(C(C)C)cccc5C(C)C)c5ccccc5[n+]4C3)C2c2ccccc21. The zero-order valence-electron chi connectivity index (χ0n) is 29.7. The Morgan fingerprint density at radius 2 is 1.55 bits per heavy atom. The Balaban J connectivity index is 1.34. The third-order valence-corrected chi connectivity index (χ3v) is 12.9. The Hall–Kier alpha value is -5.06. The molecule has 3 atom stereocenters. The van der Waals surface area contributed by atoms with E-state index in [1.165, 1.54) is 81.7 Å². The van der Waals surface area contributed by atoms with Gasteiger partial charge in [0.05, 0.1) is 23.9 Å². The van der Waals surface area contributed by atoms with Crippen molar-refractivity contribution in [3.05, 3.63) is 155 Å². The Morgan fingerprint density at radius 1 is 0.804 bits per heavy atom. The quantitative estimate of drug-likeness (QED) is 0.130. The van der Waals surface area contributed by atoms with Gasteiger partial charge in [-0.05, 0) is 65.8 Å². The predicted molar refractivity (Wildman–Crippen MR) is 215 cm³/mol. The minimum absolute atomic E-state index is 0.133. The van der Waals surface area contributed by atoms with E-state index in [2.05, 4.69) is 153 Å². The van der Waals surface area contributed by atoms with Gasteiger partial charge in [-0.3, -0.25) is 4.99 Å². The third-order valence-electron chi connectivity index (χ3n) is 11.7. The van der Waals surface area contributed by atoms with Gasteiger partial charge in [0, 0.05) is 48.7 Å². The van der Waals surface area contributed by atoms with Crippen molar-refractivity contribution in [1.82, 2.24) is 4.57 Å². The summed E-state index contributed by atoms with van der Waals surface area (Å²) in [4.78, 5) is 5.52. The summed E-state index contributed by atoms with van der Waals surface area (Å²) in [7, 11) is 0. The molecule has 10 rings (SSSR count). The molecule has 250 valence electrons. The second kappa shape index (κ2) is 11.5. The zero-order chi connectivity index (χ0) is 34.5. The molecule has 2 aliphatic heterocycles. The van der Waals surface area contributed by atoms with Gasteiger partial charge in [-0.25, -0.2) is 4.57 Å². The predicted octanol–water partition coefficient (Wildman–Crippen LogP) is 11.5. The van der Waals surface area contributed by atoms with Crippen LogP contribution in [0.3, 0.4) is 0 Å². The van der Waals surface area contributed by atoms with Crippen LogP contribution in [0.5, 0.6) is 0 Å². The molecule has 7 aromatic rings. The summed E-state index contributed by atoms with van der Waals surface area (Å²) in [6.07, 6.45) is 5.47. The van der Waals surface area contributed by atoms with Crippen molar-refractivity contribution in [2.45, 2.75) is 64.5 Å². The molecule has 51 heavy (non-hydrogen) atoms. The van der Waals surface area contributed by atoms with Gasteiger partial charge in [0.15, 0.2) is 11.0 Å². The van der Waals surface area contributed by atoms with E-state index in [4.69, 9.17) is 4.99 Å². The van der Waals surface area contributed by atoms with E-state index >= 15 is 0 Å². The van der Waals surface area contributed by atoms with Gasteiger partial charge in [-0.1, -0.05) is 119 Å². The van der Waals surface area contributed by atoms with Crippen LogP contribution in [0.2, 0.25) is 0 Å². The van der Waals surface area contributed by atoms with E-state index in [0.717, 1.165) is 18.7 Å². The molecule has 0 radical (unpaired) electrons. The molecule has 3 aliphatic rings. The molecule has 1 aliphatic carbocycles. The molecule has 2 aromatic heterocycles. The van der Waals surface area contributed by atoms with Crippen LogP contribution >= 0.6 is 11.3 Å². The highest BCUT2D eigenvalue weighted by molar-refractivity contribution is 7.25. The number of thiophene rings is 1. The van der Waals surface area contributed by atoms with E-state index in [-0.39, 0.29) is 17.9 Å². The Labute approximate surface area is 303 Å². The number of nitrogens with zero attached hydrogens (tertiary/aromatic N) is 3. The lowest BCUT2D eigenvalue weighted by atomic mass is 9.78. The largest absolute Gasteiger partial charge is 0.295 e. The van der Waals surface area contributed by atoms with Crippen molar-refractivity contribution in [1.29, 1.82) is 0 Å². The average Bonchev–Trinajstić information content (AvgIpc) is 3.80. The molecular formula is C47H42N3S+. The minimum Gasteiger partial charge on any atom is -0.280 e. The van der Waals surface area contributed by atoms with Crippen molar-refractivity contribution >= 4 is 48.3 Å². The van der Waals surface area contributed by atoms with Gasteiger partial charge in [-0.2, -0.15) is 4.57 Å². The molecule has 4 heteroatoms. The maximum absolute atomic E-state index is 5.52. The first-order valence-corrected chi connectivity index (χ1v) is 19.3. The molecule has 0 saturated heterocycles. The normalized spacial score (nSPS) is 19.3. The van der Waals surface area contributed by atoms with Gasteiger partial charge in [0.1, 0.15) is 5.69 Å². The number of benzene rings is 5. The van der Waals surface area contributed by atoms with Gasteiger partial charge >= 0.3 is 0 Å². The topological polar surface area (TPSA) is 21.2 Å². The summed E-state index contributed by atoms with van der Waals surface area (Å²) in [6, 6.07) is 39.1. The van der Waals surface area contributed by atoms with Crippen molar-refractivity contribution in [2.75, 3.05) is 0 Å². The second-order valence-corrected chi connectivity index (χ2v) is 16.4. The lowest BCUT2D eigenvalue weighted by Gasteiger charge is -2.31. The summed E-state index contributed by atoms with van der Waals surface area (Å²) in [5.41, 5.74) is 14.5.